The van der Waals surface area contributed by atoms with Crippen molar-refractivity contribution in [3.63, 3.8) is 0 Å². The summed E-state index contributed by atoms with van der Waals surface area (Å²) in [6, 6.07) is 15.1. The van der Waals surface area contributed by atoms with Crippen LogP contribution in [0.1, 0.15) is 10.5 Å². The van der Waals surface area contributed by atoms with Crippen molar-refractivity contribution in [3.05, 3.63) is 79.1 Å². The number of rotatable bonds is 7. The molecule has 0 radical (unpaired) electrons. The predicted molar refractivity (Wildman–Crippen MR) is 104 cm³/mol. The third-order valence-electron chi connectivity index (χ3n) is 3.95. The van der Waals surface area contributed by atoms with Crippen LogP contribution in [0.2, 0.25) is 0 Å². The lowest BCUT2D eigenvalue weighted by atomic mass is 10.3. The smallest absolute Gasteiger partial charge is 0.273 e. The average Bonchev–Trinajstić information content (AvgIpc) is 3.44. The molecule has 0 bridgehead atoms. The Hall–Kier alpha value is -4.01. The number of carbonyl (C=O) groups excluding carboxylic acids is 1. The topological polar surface area (TPSA) is 103 Å². The van der Waals surface area contributed by atoms with E-state index in [0.717, 1.165) is 11.5 Å². The molecule has 9 heteroatoms. The van der Waals surface area contributed by atoms with Crippen LogP contribution in [0.3, 0.4) is 0 Å². The minimum Gasteiger partial charge on any atom is -0.368 e. The van der Waals surface area contributed by atoms with Crippen molar-refractivity contribution >= 4 is 11.7 Å². The molecule has 1 aromatic carbocycles. The lowest BCUT2D eigenvalue weighted by Gasteiger charge is -2.08. The zero-order valence-corrected chi connectivity index (χ0v) is 14.9. The Morgan fingerprint density at radius 3 is 2.64 bits per heavy atom. The Labute approximate surface area is 161 Å². The molecule has 2 N–H and O–H groups in total. The second-order valence-corrected chi connectivity index (χ2v) is 5.89. The van der Waals surface area contributed by atoms with Gasteiger partial charge in [0.15, 0.2) is 5.69 Å². The summed E-state index contributed by atoms with van der Waals surface area (Å²) in [5, 5.41) is 14.3. The summed E-state index contributed by atoms with van der Waals surface area (Å²) < 4.78 is 1.89. The number of aromatic nitrogens is 6. The normalized spacial score (nSPS) is 10.6. The fourth-order valence-electron chi connectivity index (χ4n) is 2.58. The molecule has 140 valence electrons. The zero-order chi connectivity index (χ0) is 19.2. The number of anilines is 1. The van der Waals surface area contributed by atoms with Gasteiger partial charge in [-0.1, -0.05) is 18.2 Å². The fourth-order valence-corrected chi connectivity index (χ4v) is 2.58. The standard InChI is InChI=1S/C19H18N8O/c28-19(16-13-24-27(25-16)15-6-2-1-3-7-15)21-9-8-20-17-12-18(23-14-22-17)26-10-4-5-11-26/h1-7,10-14H,8-9H2,(H,21,28)(H,20,22,23). The Morgan fingerprint density at radius 1 is 1.00 bits per heavy atom. The summed E-state index contributed by atoms with van der Waals surface area (Å²) in [4.78, 5) is 22.1. The number of para-hydroxylation sites is 1. The number of nitrogens with zero attached hydrogens (tertiary/aromatic N) is 6. The van der Waals surface area contributed by atoms with Crippen molar-refractivity contribution in [2.24, 2.45) is 0 Å². The number of hydrogen-bond acceptors (Lipinski definition) is 6. The summed E-state index contributed by atoms with van der Waals surface area (Å²) >= 11 is 0. The van der Waals surface area contributed by atoms with Crippen LogP contribution in [-0.4, -0.2) is 48.5 Å². The van der Waals surface area contributed by atoms with E-state index in [-0.39, 0.29) is 11.6 Å². The van der Waals surface area contributed by atoms with E-state index in [9.17, 15) is 4.79 Å². The maximum atomic E-state index is 12.2. The van der Waals surface area contributed by atoms with E-state index < -0.39 is 0 Å². The van der Waals surface area contributed by atoms with Crippen LogP contribution in [-0.2, 0) is 0 Å². The molecule has 0 aliphatic carbocycles. The molecule has 1 amide bonds. The van der Waals surface area contributed by atoms with E-state index >= 15 is 0 Å². The fraction of sp³-hybridized carbons (Fsp3) is 0.105. The molecule has 0 aliphatic heterocycles. The molecule has 0 atom stereocenters. The van der Waals surface area contributed by atoms with Crippen LogP contribution in [0.4, 0.5) is 5.82 Å². The predicted octanol–water partition coefficient (Wildman–Crippen LogP) is 1.69. The van der Waals surface area contributed by atoms with Gasteiger partial charge in [-0.25, -0.2) is 9.97 Å². The van der Waals surface area contributed by atoms with E-state index in [4.69, 9.17) is 0 Å². The lowest BCUT2D eigenvalue weighted by molar-refractivity contribution is 0.0950. The Balaban J connectivity index is 1.28. The Bertz CT molecular complexity index is 1040. The van der Waals surface area contributed by atoms with Gasteiger partial charge in [-0.05, 0) is 24.3 Å². The second kappa shape index (κ2) is 8.12. The van der Waals surface area contributed by atoms with E-state index in [1.807, 2.05) is 65.5 Å². The quantitative estimate of drug-likeness (QED) is 0.477. The number of amides is 1. The first-order valence-corrected chi connectivity index (χ1v) is 8.75. The number of benzene rings is 1. The maximum Gasteiger partial charge on any atom is 0.273 e. The Morgan fingerprint density at radius 2 is 1.82 bits per heavy atom. The highest BCUT2D eigenvalue weighted by Crippen LogP contribution is 2.08. The van der Waals surface area contributed by atoms with Crippen LogP contribution in [0, 0.1) is 0 Å². The zero-order valence-electron chi connectivity index (χ0n) is 14.9. The molecule has 3 heterocycles. The molecule has 0 aliphatic rings. The molecule has 3 aromatic heterocycles. The minimum absolute atomic E-state index is 0.265. The van der Waals surface area contributed by atoms with Crippen LogP contribution in [0.25, 0.3) is 11.5 Å². The van der Waals surface area contributed by atoms with E-state index in [1.165, 1.54) is 17.3 Å². The summed E-state index contributed by atoms with van der Waals surface area (Å²) in [6.45, 7) is 0.931. The molecule has 0 spiro atoms. The first-order valence-electron chi connectivity index (χ1n) is 8.75. The minimum atomic E-state index is -0.278. The molecule has 0 saturated carbocycles. The molecule has 0 saturated heterocycles. The highest BCUT2D eigenvalue weighted by molar-refractivity contribution is 5.91. The van der Waals surface area contributed by atoms with Crippen molar-refractivity contribution in [1.29, 1.82) is 0 Å². The van der Waals surface area contributed by atoms with Gasteiger partial charge in [-0.2, -0.15) is 9.90 Å². The van der Waals surface area contributed by atoms with Crippen molar-refractivity contribution < 1.29 is 4.79 Å². The van der Waals surface area contributed by atoms with E-state index in [0.29, 0.717) is 18.9 Å². The SMILES string of the molecule is O=C(NCCNc1cc(-n2cccc2)ncn1)c1cnn(-c2ccccc2)n1. The van der Waals surface area contributed by atoms with E-state index in [1.54, 1.807) is 0 Å². The summed E-state index contributed by atoms with van der Waals surface area (Å²) in [7, 11) is 0. The van der Waals surface area contributed by atoms with Gasteiger partial charge in [0.25, 0.3) is 5.91 Å². The van der Waals surface area contributed by atoms with Gasteiger partial charge in [-0.15, -0.1) is 5.10 Å². The van der Waals surface area contributed by atoms with E-state index in [2.05, 4.69) is 30.8 Å². The van der Waals surface area contributed by atoms with Crippen molar-refractivity contribution in [1.82, 2.24) is 34.8 Å². The van der Waals surface area contributed by atoms with Crippen molar-refractivity contribution in [2.75, 3.05) is 18.4 Å². The summed E-state index contributed by atoms with van der Waals surface area (Å²) in [6.07, 6.45) is 6.77. The van der Waals surface area contributed by atoms with Gasteiger partial charge >= 0.3 is 0 Å². The first kappa shape index (κ1) is 17.4. The lowest BCUT2D eigenvalue weighted by Crippen LogP contribution is -2.29. The monoisotopic (exact) mass is 374 g/mol. The molecule has 0 fully saturated rings. The number of carbonyl (C=O) groups is 1. The van der Waals surface area contributed by atoms with Crippen LogP contribution in [0.5, 0.6) is 0 Å². The van der Waals surface area contributed by atoms with Crippen LogP contribution in [0.15, 0.2) is 73.4 Å². The molecule has 4 rings (SSSR count). The molecule has 4 aromatic rings. The molecular formula is C19H18N8O. The highest BCUT2D eigenvalue weighted by Gasteiger charge is 2.10. The van der Waals surface area contributed by atoms with Crippen molar-refractivity contribution in [3.8, 4) is 11.5 Å². The highest BCUT2D eigenvalue weighted by atomic mass is 16.2. The van der Waals surface area contributed by atoms with Crippen molar-refractivity contribution in [2.45, 2.75) is 0 Å². The van der Waals surface area contributed by atoms with Crippen LogP contribution < -0.4 is 10.6 Å². The molecule has 28 heavy (non-hydrogen) atoms. The molecule has 0 unspecified atom stereocenters. The average molecular weight is 374 g/mol. The summed E-state index contributed by atoms with van der Waals surface area (Å²) in [5.74, 6) is 1.17. The van der Waals surface area contributed by atoms with Gasteiger partial charge in [-0.3, -0.25) is 4.79 Å². The molecule has 9 nitrogen and oxygen atoms in total. The van der Waals surface area contributed by atoms with Gasteiger partial charge in [0.1, 0.15) is 18.0 Å². The summed E-state index contributed by atoms with van der Waals surface area (Å²) in [5.41, 5.74) is 1.06. The van der Waals surface area contributed by atoms with Gasteiger partial charge in [0.05, 0.1) is 11.9 Å². The number of hydrogen-bond donors (Lipinski definition) is 2. The third-order valence-corrected chi connectivity index (χ3v) is 3.95. The first-order chi connectivity index (χ1) is 13.8. The molecular weight excluding hydrogens is 356 g/mol. The van der Waals surface area contributed by atoms with Crippen LogP contribution >= 0.6 is 0 Å². The van der Waals surface area contributed by atoms with Gasteiger partial charge in [0.2, 0.25) is 0 Å². The van der Waals surface area contributed by atoms with Gasteiger partial charge in [0, 0.05) is 31.5 Å². The number of nitrogens with one attached hydrogen (secondary N) is 2. The second-order valence-electron chi connectivity index (χ2n) is 5.89. The third kappa shape index (κ3) is 4.04. The largest absolute Gasteiger partial charge is 0.368 e. The maximum absolute atomic E-state index is 12.2. The van der Waals surface area contributed by atoms with Gasteiger partial charge < -0.3 is 15.2 Å². The Kier molecular flexibility index (Phi) is 5.05.